The minimum atomic E-state index is -0.336. The van der Waals surface area contributed by atoms with E-state index in [-0.39, 0.29) is 11.3 Å². The van der Waals surface area contributed by atoms with Crippen molar-refractivity contribution in [3.63, 3.8) is 0 Å². The van der Waals surface area contributed by atoms with E-state index in [1.54, 1.807) is 0 Å². The van der Waals surface area contributed by atoms with E-state index in [1.807, 2.05) is 26.0 Å². The molecule has 0 aliphatic heterocycles. The van der Waals surface area contributed by atoms with Crippen molar-refractivity contribution >= 4 is 11.6 Å². The molecule has 0 spiro atoms. The fraction of sp³-hybridized carbons (Fsp3) is 0.533. The zero-order valence-corrected chi connectivity index (χ0v) is 11.4. The number of nitrogens with two attached hydrogens (primary N) is 1. The fourth-order valence-electron chi connectivity index (χ4n) is 3.03. The van der Waals surface area contributed by atoms with Gasteiger partial charge in [-0.2, -0.15) is 0 Å². The molecule has 18 heavy (non-hydrogen) atoms. The number of anilines is 1. The number of benzene rings is 1. The smallest absolute Gasteiger partial charge is 0.231 e. The SMILES string of the molecule is Cc1cc(C)cc(NC(=O)C2(CN)CC(C)C2)c1. The van der Waals surface area contributed by atoms with Crippen molar-refractivity contribution < 1.29 is 4.79 Å². The standard InChI is InChI=1S/C15H22N2O/c1-10-4-11(2)6-13(5-10)17-14(18)15(9-16)7-12(3)8-15/h4-6,12H,7-9,16H2,1-3H3,(H,17,18). The summed E-state index contributed by atoms with van der Waals surface area (Å²) in [6.45, 7) is 6.67. The highest BCUT2D eigenvalue weighted by molar-refractivity contribution is 5.96. The van der Waals surface area contributed by atoms with E-state index < -0.39 is 0 Å². The van der Waals surface area contributed by atoms with Gasteiger partial charge >= 0.3 is 0 Å². The highest BCUT2D eigenvalue weighted by atomic mass is 16.2. The molecule has 1 aliphatic carbocycles. The molecule has 1 aromatic carbocycles. The van der Waals surface area contributed by atoms with Crippen LogP contribution in [-0.4, -0.2) is 12.5 Å². The van der Waals surface area contributed by atoms with Crippen LogP contribution < -0.4 is 11.1 Å². The lowest BCUT2D eigenvalue weighted by atomic mass is 9.62. The van der Waals surface area contributed by atoms with Gasteiger partial charge in [-0.05, 0) is 55.9 Å². The predicted molar refractivity (Wildman–Crippen MR) is 74.4 cm³/mol. The van der Waals surface area contributed by atoms with Crippen LogP contribution in [0.3, 0.4) is 0 Å². The second-order valence-corrected chi connectivity index (χ2v) is 5.83. The summed E-state index contributed by atoms with van der Waals surface area (Å²) in [5.41, 5.74) is 8.65. The average molecular weight is 246 g/mol. The topological polar surface area (TPSA) is 55.1 Å². The Balaban J connectivity index is 2.11. The number of hydrogen-bond acceptors (Lipinski definition) is 2. The predicted octanol–water partition coefficient (Wildman–Crippen LogP) is 2.62. The molecular formula is C15H22N2O. The third-order valence-corrected chi connectivity index (χ3v) is 3.83. The van der Waals surface area contributed by atoms with Crippen molar-refractivity contribution in [3.05, 3.63) is 29.3 Å². The van der Waals surface area contributed by atoms with Crippen molar-refractivity contribution in [2.24, 2.45) is 17.1 Å². The van der Waals surface area contributed by atoms with Gasteiger partial charge in [-0.15, -0.1) is 0 Å². The van der Waals surface area contributed by atoms with Gasteiger partial charge in [0.05, 0.1) is 5.41 Å². The maximum absolute atomic E-state index is 12.3. The van der Waals surface area contributed by atoms with Crippen LogP contribution in [0.2, 0.25) is 0 Å². The van der Waals surface area contributed by atoms with Gasteiger partial charge in [-0.3, -0.25) is 4.79 Å². The second kappa shape index (κ2) is 4.73. The molecule has 0 saturated heterocycles. The van der Waals surface area contributed by atoms with Crippen LogP contribution in [0.4, 0.5) is 5.69 Å². The molecule has 2 rings (SSSR count). The van der Waals surface area contributed by atoms with E-state index in [2.05, 4.69) is 18.3 Å². The highest BCUT2D eigenvalue weighted by Gasteiger charge is 2.47. The molecular weight excluding hydrogens is 224 g/mol. The first-order chi connectivity index (χ1) is 8.45. The first-order valence-electron chi connectivity index (χ1n) is 6.55. The summed E-state index contributed by atoms with van der Waals surface area (Å²) < 4.78 is 0. The first-order valence-corrected chi connectivity index (χ1v) is 6.55. The summed E-state index contributed by atoms with van der Waals surface area (Å²) in [5.74, 6) is 0.687. The van der Waals surface area contributed by atoms with Crippen molar-refractivity contribution in [3.8, 4) is 0 Å². The summed E-state index contributed by atoms with van der Waals surface area (Å²) in [5, 5.41) is 3.02. The van der Waals surface area contributed by atoms with Crippen LogP contribution in [-0.2, 0) is 4.79 Å². The maximum Gasteiger partial charge on any atom is 0.231 e. The van der Waals surface area contributed by atoms with Gasteiger partial charge in [0, 0.05) is 12.2 Å². The summed E-state index contributed by atoms with van der Waals surface area (Å²) in [6, 6.07) is 6.09. The van der Waals surface area contributed by atoms with Crippen LogP contribution >= 0.6 is 0 Å². The molecule has 0 atom stereocenters. The van der Waals surface area contributed by atoms with Gasteiger partial charge in [-0.25, -0.2) is 0 Å². The Morgan fingerprint density at radius 1 is 1.33 bits per heavy atom. The monoisotopic (exact) mass is 246 g/mol. The van der Waals surface area contributed by atoms with Crippen LogP contribution in [0.1, 0.15) is 30.9 Å². The van der Waals surface area contributed by atoms with Gasteiger partial charge in [0.1, 0.15) is 0 Å². The van der Waals surface area contributed by atoms with Crippen molar-refractivity contribution in [1.82, 2.24) is 0 Å². The minimum absolute atomic E-state index is 0.0769. The molecule has 1 saturated carbocycles. The molecule has 1 aromatic rings. The van der Waals surface area contributed by atoms with E-state index in [0.29, 0.717) is 12.5 Å². The number of carbonyl (C=O) groups is 1. The molecule has 3 heteroatoms. The molecule has 1 aliphatic rings. The van der Waals surface area contributed by atoms with Crippen molar-refractivity contribution in [2.75, 3.05) is 11.9 Å². The van der Waals surface area contributed by atoms with Gasteiger partial charge in [0.15, 0.2) is 0 Å². The normalized spacial score (nSPS) is 26.6. The Bertz CT molecular complexity index is 441. The van der Waals surface area contributed by atoms with Gasteiger partial charge < -0.3 is 11.1 Å². The van der Waals surface area contributed by atoms with Crippen LogP contribution in [0.25, 0.3) is 0 Å². The summed E-state index contributed by atoms with van der Waals surface area (Å²) in [7, 11) is 0. The molecule has 0 bridgehead atoms. The Morgan fingerprint density at radius 3 is 2.33 bits per heavy atom. The number of amides is 1. The van der Waals surface area contributed by atoms with Gasteiger partial charge in [0.2, 0.25) is 5.91 Å². The molecule has 1 fully saturated rings. The zero-order valence-electron chi connectivity index (χ0n) is 11.4. The average Bonchev–Trinajstić information content (AvgIpc) is 2.22. The molecule has 3 nitrogen and oxygen atoms in total. The lowest BCUT2D eigenvalue weighted by Gasteiger charge is -2.44. The Morgan fingerprint density at radius 2 is 1.89 bits per heavy atom. The molecule has 0 aromatic heterocycles. The quantitative estimate of drug-likeness (QED) is 0.861. The Labute approximate surface area is 109 Å². The van der Waals surface area contributed by atoms with E-state index >= 15 is 0 Å². The third-order valence-electron chi connectivity index (χ3n) is 3.83. The number of rotatable bonds is 3. The Kier molecular flexibility index (Phi) is 3.44. The lowest BCUT2D eigenvalue weighted by molar-refractivity contribution is -0.132. The van der Waals surface area contributed by atoms with E-state index in [1.165, 1.54) is 0 Å². The van der Waals surface area contributed by atoms with E-state index in [4.69, 9.17) is 5.73 Å². The fourth-order valence-corrected chi connectivity index (χ4v) is 3.03. The van der Waals surface area contributed by atoms with E-state index in [0.717, 1.165) is 29.7 Å². The summed E-state index contributed by atoms with van der Waals surface area (Å²) in [4.78, 5) is 12.3. The van der Waals surface area contributed by atoms with E-state index in [9.17, 15) is 4.79 Å². The van der Waals surface area contributed by atoms with Crippen LogP contribution in [0, 0.1) is 25.2 Å². The van der Waals surface area contributed by atoms with Gasteiger partial charge in [0.25, 0.3) is 0 Å². The number of carbonyl (C=O) groups excluding carboxylic acids is 1. The molecule has 0 heterocycles. The van der Waals surface area contributed by atoms with Crippen LogP contribution in [0.15, 0.2) is 18.2 Å². The summed E-state index contributed by atoms with van der Waals surface area (Å²) in [6.07, 6.45) is 1.81. The number of hydrogen-bond donors (Lipinski definition) is 2. The van der Waals surface area contributed by atoms with Gasteiger partial charge in [-0.1, -0.05) is 13.0 Å². The Hall–Kier alpha value is -1.35. The zero-order chi connectivity index (χ0) is 13.3. The van der Waals surface area contributed by atoms with Crippen molar-refractivity contribution in [1.29, 1.82) is 0 Å². The number of nitrogens with one attached hydrogen (secondary N) is 1. The summed E-state index contributed by atoms with van der Waals surface area (Å²) >= 11 is 0. The lowest BCUT2D eigenvalue weighted by Crippen LogP contribution is -2.51. The minimum Gasteiger partial charge on any atom is -0.329 e. The molecule has 0 unspecified atom stereocenters. The first kappa shape index (κ1) is 13.1. The largest absolute Gasteiger partial charge is 0.329 e. The van der Waals surface area contributed by atoms with Crippen LogP contribution in [0.5, 0.6) is 0 Å². The molecule has 3 N–H and O–H groups in total. The maximum atomic E-state index is 12.3. The third kappa shape index (κ3) is 2.41. The molecule has 1 amide bonds. The molecule has 0 radical (unpaired) electrons. The second-order valence-electron chi connectivity index (χ2n) is 5.83. The van der Waals surface area contributed by atoms with Crippen molar-refractivity contribution in [2.45, 2.75) is 33.6 Å². The highest BCUT2D eigenvalue weighted by Crippen LogP contribution is 2.45. The molecule has 98 valence electrons. The number of aryl methyl sites for hydroxylation is 2.